The van der Waals surface area contributed by atoms with Gasteiger partial charge in [-0.25, -0.2) is 9.86 Å². The molecule has 2 rings (SSSR count). The Bertz CT molecular complexity index is 561. The Morgan fingerprint density at radius 2 is 2.11 bits per heavy atom. The maximum absolute atomic E-state index is 10.7. The maximum atomic E-state index is 10.7. The quantitative estimate of drug-likeness (QED) is 0.656. The number of rotatable bonds is 5. The minimum Gasteiger partial charge on any atom is -0.350 e. The van der Waals surface area contributed by atoms with Crippen molar-refractivity contribution in [2.75, 3.05) is 6.54 Å². The van der Waals surface area contributed by atoms with Crippen LogP contribution in [-0.2, 0) is 6.42 Å². The van der Waals surface area contributed by atoms with E-state index in [1.807, 2.05) is 23.6 Å². The molecule has 3 N–H and O–H groups in total. The molecule has 19 heavy (non-hydrogen) atoms. The second-order valence-electron chi connectivity index (χ2n) is 3.86. The third kappa shape index (κ3) is 4.20. The Morgan fingerprint density at radius 3 is 2.79 bits per heavy atom. The highest BCUT2D eigenvalue weighted by atomic mass is 32.1. The van der Waals surface area contributed by atoms with Gasteiger partial charge in [-0.2, -0.15) is 0 Å². The topological polar surface area (TPSA) is 66.6 Å². The van der Waals surface area contributed by atoms with E-state index in [4.69, 9.17) is 5.73 Å². The van der Waals surface area contributed by atoms with Gasteiger partial charge in [0.1, 0.15) is 0 Å². The molecule has 4 nitrogen and oxygen atoms in total. The molecule has 0 aliphatic rings. The number of carbonyl (C=O) groups is 1. The highest BCUT2D eigenvalue weighted by Crippen LogP contribution is 2.21. The van der Waals surface area contributed by atoms with Crippen LogP contribution in [0, 0.1) is 0 Å². The molecular formula is C13H14N2O2S2. The molecule has 0 aromatic carbocycles. The first-order chi connectivity index (χ1) is 9.15. The largest absolute Gasteiger partial charge is 0.350 e. The van der Waals surface area contributed by atoms with E-state index in [0.29, 0.717) is 11.5 Å². The molecule has 0 unspecified atom stereocenters. The number of hydrogen-bond donors (Lipinski definition) is 2. The molecule has 100 valence electrons. The smallest absolute Gasteiger partial charge is 0.338 e. The summed E-state index contributed by atoms with van der Waals surface area (Å²) in [6.07, 6.45) is 4.73. The predicted molar refractivity (Wildman–Crippen MR) is 79.3 cm³/mol. The van der Waals surface area contributed by atoms with Crippen molar-refractivity contribution in [3.8, 4) is 0 Å². The van der Waals surface area contributed by atoms with E-state index >= 15 is 0 Å². The van der Waals surface area contributed by atoms with Crippen LogP contribution in [0.3, 0.4) is 0 Å². The summed E-state index contributed by atoms with van der Waals surface area (Å²) in [7, 11) is 0. The summed E-state index contributed by atoms with van der Waals surface area (Å²) in [5.74, 6) is 0. The SMILES string of the molecule is NC(=O)N(O)CCc1ccc(C=Cc2cccs2)s1. The number of amides is 2. The fraction of sp³-hybridized carbons (Fsp3) is 0.154. The molecule has 0 fully saturated rings. The Hall–Kier alpha value is -1.63. The van der Waals surface area contributed by atoms with Gasteiger partial charge in [-0.15, -0.1) is 22.7 Å². The van der Waals surface area contributed by atoms with Crippen molar-refractivity contribution in [3.05, 3.63) is 44.3 Å². The van der Waals surface area contributed by atoms with Crippen LogP contribution in [0.25, 0.3) is 12.2 Å². The van der Waals surface area contributed by atoms with E-state index in [1.54, 1.807) is 22.7 Å². The Morgan fingerprint density at radius 1 is 1.32 bits per heavy atom. The number of carbonyl (C=O) groups excluding carboxylic acids is 1. The van der Waals surface area contributed by atoms with Gasteiger partial charge in [-0.3, -0.25) is 5.21 Å². The summed E-state index contributed by atoms with van der Waals surface area (Å²) < 4.78 is 0. The molecule has 2 aromatic heterocycles. The molecule has 2 amide bonds. The first-order valence-corrected chi connectivity index (χ1v) is 7.41. The van der Waals surface area contributed by atoms with Crippen LogP contribution in [0.4, 0.5) is 4.79 Å². The van der Waals surface area contributed by atoms with Gasteiger partial charge in [0.05, 0.1) is 6.54 Å². The molecule has 0 saturated carbocycles. The zero-order valence-corrected chi connectivity index (χ0v) is 11.8. The van der Waals surface area contributed by atoms with Gasteiger partial charge in [0.2, 0.25) is 0 Å². The summed E-state index contributed by atoms with van der Waals surface area (Å²) in [4.78, 5) is 14.1. The van der Waals surface area contributed by atoms with Gasteiger partial charge in [0.15, 0.2) is 0 Å². The van der Waals surface area contributed by atoms with Gasteiger partial charge in [0, 0.05) is 21.1 Å². The molecular weight excluding hydrogens is 280 g/mol. The monoisotopic (exact) mass is 294 g/mol. The van der Waals surface area contributed by atoms with Crippen LogP contribution in [0.2, 0.25) is 0 Å². The average molecular weight is 294 g/mol. The number of nitrogens with two attached hydrogens (primary N) is 1. The number of hydrogen-bond acceptors (Lipinski definition) is 4. The number of urea groups is 1. The van der Waals surface area contributed by atoms with Gasteiger partial charge in [-0.1, -0.05) is 6.07 Å². The highest BCUT2D eigenvalue weighted by molar-refractivity contribution is 7.13. The van der Waals surface area contributed by atoms with Gasteiger partial charge >= 0.3 is 6.03 Å². The molecule has 0 spiro atoms. The molecule has 6 heteroatoms. The van der Waals surface area contributed by atoms with Gasteiger partial charge in [-0.05, 0) is 35.7 Å². The number of nitrogens with zero attached hydrogens (tertiary/aromatic N) is 1. The lowest BCUT2D eigenvalue weighted by molar-refractivity contribution is -0.0380. The molecule has 0 radical (unpaired) electrons. The van der Waals surface area contributed by atoms with Crippen molar-refractivity contribution >= 4 is 40.9 Å². The van der Waals surface area contributed by atoms with E-state index < -0.39 is 6.03 Å². The molecule has 0 aliphatic carbocycles. The second-order valence-corrected chi connectivity index (χ2v) is 6.04. The van der Waals surface area contributed by atoms with Crippen molar-refractivity contribution in [1.82, 2.24) is 5.06 Å². The Kier molecular flexibility index (Phi) is 4.73. The minimum atomic E-state index is -0.825. The molecule has 2 heterocycles. The van der Waals surface area contributed by atoms with Crippen LogP contribution in [-0.4, -0.2) is 22.8 Å². The van der Waals surface area contributed by atoms with Crippen LogP contribution in [0.5, 0.6) is 0 Å². The van der Waals surface area contributed by atoms with Crippen molar-refractivity contribution in [1.29, 1.82) is 0 Å². The standard InChI is InChI=1S/C13H14N2O2S2/c14-13(16)15(17)8-7-12-6-5-11(19-12)4-3-10-2-1-9-18-10/h1-6,9,17H,7-8H2,(H2,14,16). The fourth-order valence-corrected chi connectivity index (χ4v) is 3.02. The predicted octanol–water partition coefficient (Wildman–Crippen LogP) is 3.29. The summed E-state index contributed by atoms with van der Waals surface area (Å²) in [6, 6.07) is 7.27. The number of hydroxylamine groups is 2. The first-order valence-electron chi connectivity index (χ1n) is 5.71. The summed E-state index contributed by atoms with van der Waals surface area (Å²) >= 11 is 3.33. The van der Waals surface area contributed by atoms with E-state index in [0.717, 1.165) is 9.75 Å². The maximum Gasteiger partial charge on any atom is 0.338 e. The minimum absolute atomic E-state index is 0.212. The average Bonchev–Trinajstić information content (AvgIpc) is 3.04. The first kappa shape index (κ1) is 13.8. The van der Waals surface area contributed by atoms with Crippen LogP contribution in [0.15, 0.2) is 29.6 Å². The molecule has 0 atom stereocenters. The zero-order valence-electron chi connectivity index (χ0n) is 10.2. The fourth-order valence-electron chi connectivity index (χ4n) is 1.50. The summed E-state index contributed by atoms with van der Waals surface area (Å²) in [5.41, 5.74) is 4.94. The third-order valence-electron chi connectivity index (χ3n) is 2.46. The van der Waals surface area contributed by atoms with E-state index in [9.17, 15) is 10.0 Å². The molecule has 2 aromatic rings. The zero-order chi connectivity index (χ0) is 13.7. The van der Waals surface area contributed by atoms with Crippen molar-refractivity contribution in [2.45, 2.75) is 6.42 Å². The molecule has 0 bridgehead atoms. The number of thiophene rings is 2. The second kappa shape index (κ2) is 6.51. The van der Waals surface area contributed by atoms with Crippen molar-refractivity contribution in [3.63, 3.8) is 0 Å². The summed E-state index contributed by atoms with van der Waals surface area (Å²) in [6.45, 7) is 0.212. The lowest BCUT2D eigenvalue weighted by Gasteiger charge is -2.10. The number of primary amides is 1. The third-order valence-corrected chi connectivity index (χ3v) is 4.41. The van der Waals surface area contributed by atoms with Crippen molar-refractivity contribution in [2.24, 2.45) is 5.73 Å². The Labute approximate surface area is 119 Å². The Balaban J connectivity index is 1.90. The van der Waals surface area contributed by atoms with Crippen LogP contribution >= 0.6 is 22.7 Å². The van der Waals surface area contributed by atoms with Gasteiger partial charge < -0.3 is 5.73 Å². The van der Waals surface area contributed by atoms with E-state index in [1.165, 1.54) is 4.88 Å². The lowest BCUT2D eigenvalue weighted by Crippen LogP contribution is -2.34. The van der Waals surface area contributed by atoms with Crippen LogP contribution in [0.1, 0.15) is 14.6 Å². The normalized spacial score (nSPS) is 11.0. The van der Waals surface area contributed by atoms with E-state index in [2.05, 4.69) is 18.2 Å². The molecule has 0 aliphatic heterocycles. The lowest BCUT2D eigenvalue weighted by atomic mass is 10.3. The van der Waals surface area contributed by atoms with Gasteiger partial charge in [0.25, 0.3) is 0 Å². The highest BCUT2D eigenvalue weighted by Gasteiger charge is 2.06. The summed E-state index contributed by atoms with van der Waals surface area (Å²) in [5, 5.41) is 11.7. The van der Waals surface area contributed by atoms with Crippen LogP contribution < -0.4 is 5.73 Å². The van der Waals surface area contributed by atoms with Crippen molar-refractivity contribution < 1.29 is 10.0 Å². The molecule has 0 saturated heterocycles. The van der Waals surface area contributed by atoms with E-state index in [-0.39, 0.29) is 6.54 Å².